The molecule has 0 atom stereocenters. The normalized spacial score (nSPS) is 10.6. The number of ether oxygens (including phenoxy) is 2. The van der Waals surface area contributed by atoms with Crippen LogP contribution in [0.3, 0.4) is 0 Å². The lowest BCUT2D eigenvalue weighted by molar-refractivity contribution is -0.132. The maximum atomic E-state index is 12.1. The Balaban J connectivity index is 2.71. The van der Waals surface area contributed by atoms with Crippen LogP contribution in [0.5, 0.6) is 11.5 Å². The molecular formula is C23H25NO5. The molecule has 29 heavy (non-hydrogen) atoms. The molecule has 2 aromatic rings. The highest BCUT2D eigenvalue weighted by Crippen LogP contribution is 2.37. The van der Waals surface area contributed by atoms with Gasteiger partial charge in [-0.3, -0.25) is 4.79 Å². The predicted octanol–water partition coefficient (Wildman–Crippen LogP) is 3.94. The molecule has 0 saturated carbocycles. The largest absolute Gasteiger partial charge is 0.496 e. The number of rotatable bonds is 8. The quantitative estimate of drug-likeness (QED) is 0.304. The molecule has 0 saturated heterocycles. The summed E-state index contributed by atoms with van der Waals surface area (Å²) in [6.07, 6.45) is 5.70. The minimum Gasteiger partial charge on any atom is -0.496 e. The first-order chi connectivity index (χ1) is 13.9. The first kappa shape index (κ1) is 21.9. The van der Waals surface area contributed by atoms with Gasteiger partial charge in [0.2, 0.25) is 0 Å². The van der Waals surface area contributed by atoms with E-state index in [1.54, 1.807) is 18.2 Å². The fraction of sp³-hybridized carbons (Fsp3) is 0.217. The van der Waals surface area contributed by atoms with Crippen molar-refractivity contribution in [2.24, 2.45) is 5.73 Å². The first-order valence-electron chi connectivity index (χ1n) is 9.11. The van der Waals surface area contributed by atoms with Crippen LogP contribution in [0.25, 0.3) is 12.2 Å². The van der Waals surface area contributed by atoms with Crippen molar-refractivity contribution in [3.8, 4) is 11.5 Å². The lowest BCUT2D eigenvalue weighted by Gasteiger charge is -2.17. The van der Waals surface area contributed by atoms with Crippen LogP contribution in [0, 0.1) is 0 Å². The number of carbonyl (C=O) groups excluding carboxylic acids is 1. The van der Waals surface area contributed by atoms with E-state index in [-0.39, 0.29) is 17.9 Å². The standard InChI is InChI=1S/C23H25NO5/c1-15(2)9-12-18-19(28-3)13-17(11-10-16-7-5-4-6-8-16)21(23(26)27)22(18)29-20(25)14-24/h4-11,13H,12,14,24H2,1-3H3,(H,26,27)/b11-10+. The fourth-order valence-electron chi connectivity index (χ4n) is 2.75. The summed E-state index contributed by atoms with van der Waals surface area (Å²) in [6, 6.07) is 11.1. The number of carbonyl (C=O) groups is 2. The van der Waals surface area contributed by atoms with Gasteiger partial charge in [-0.25, -0.2) is 4.79 Å². The Bertz CT molecular complexity index is 941. The molecule has 152 valence electrons. The number of carboxylic acid groups (broad SMARTS) is 1. The second-order valence-electron chi connectivity index (χ2n) is 6.56. The van der Waals surface area contributed by atoms with E-state index in [0.29, 0.717) is 23.3 Å². The molecule has 0 aliphatic rings. The summed E-state index contributed by atoms with van der Waals surface area (Å²) >= 11 is 0. The minimum absolute atomic E-state index is 0.0440. The number of aromatic carboxylic acids is 1. The zero-order valence-corrected chi connectivity index (χ0v) is 16.8. The van der Waals surface area contributed by atoms with Crippen molar-refractivity contribution in [2.75, 3.05) is 13.7 Å². The van der Waals surface area contributed by atoms with E-state index in [9.17, 15) is 14.7 Å². The monoisotopic (exact) mass is 395 g/mol. The second-order valence-corrected chi connectivity index (χ2v) is 6.56. The summed E-state index contributed by atoms with van der Waals surface area (Å²) in [6.45, 7) is 3.48. The van der Waals surface area contributed by atoms with E-state index >= 15 is 0 Å². The van der Waals surface area contributed by atoms with E-state index < -0.39 is 11.9 Å². The molecule has 0 bridgehead atoms. The third kappa shape index (κ3) is 5.80. The van der Waals surface area contributed by atoms with E-state index in [1.807, 2.05) is 50.3 Å². The van der Waals surface area contributed by atoms with Crippen molar-refractivity contribution in [3.63, 3.8) is 0 Å². The fourth-order valence-corrected chi connectivity index (χ4v) is 2.75. The first-order valence-corrected chi connectivity index (χ1v) is 9.11. The summed E-state index contributed by atoms with van der Waals surface area (Å²) in [5, 5.41) is 9.88. The highest BCUT2D eigenvalue weighted by molar-refractivity contribution is 5.98. The van der Waals surface area contributed by atoms with Crippen LogP contribution in [-0.2, 0) is 11.2 Å². The number of methoxy groups -OCH3 is 1. The van der Waals surface area contributed by atoms with Gasteiger partial charge in [0.05, 0.1) is 13.7 Å². The maximum absolute atomic E-state index is 12.1. The van der Waals surface area contributed by atoms with E-state index in [0.717, 1.165) is 11.1 Å². The van der Waals surface area contributed by atoms with Crippen molar-refractivity contribution in [1.82, 2.24) is 0 Å². The molecule has 0 amide bonds. The van der Waals surface area contributed by atoms with Crippen molar-refractivity contribution < 1.29 is 24.2 Å². The van der Waals surface area contributed by atoms with Gasteiger partial charge in [-0.2, -0.15) is 0 Å². The zero-order valence-electron chi connectivity index (χ0n) is 16.8. The number of hydrogen-bond acceptors (Lipinski definition) is 5. The van der Waals surface area contributed by atoms with Crippen molar-refractivity contribution in [2.45, 2.75) is 20.3 Å². The van der Waals surface area contributed by atoms with Crippen LogP contribution in [0.2, 0.25) is 0 Å². The molecule has 0 spiro atoms. The Labute approximate surface area is 170 Å². The molecule has 0 radical (unpaired) electrons. The van der Waals surface area contributed by atoms with Crippen molar-refractivity contribution in [1.29, 1.82) is 0 Å². The predicted molar refractivity (Wildman–Crippen MR) is 113 cm³/mol. The number of esters is 1. The molecular weight excluding hydrogens is 370 g/mol. The van der Waals surface area contributed by atoms with E-state index in [1.165, 1.54) is 7.11 Å². The van der Waals surface area contributed by atoms with E-state index in [2.05, 4.69) is 0 Å². The molecule has 0 unspecified atom stereocenters. The topological polar surface area (TPSA) is 98.9 Å². The summed E-state index contributed by atoms with van der Waals surface area (Å²) in [7, 11) is 1.49. The van der Waals surface area contributed by atoms with Gasteiger partial charge in [-0.1, -0.05) is 54.1 Å². The van der Waals surface area contributed by atoms with Crippen LogP contribution in [-0.4, -0.2) is 30.7 Å². The molecule has 2 aromatic carbocycles. The summed E-state index contributed by atoms with van der Waals surface area (Å²) in [4.78, 5) is 24.0. The number of hydrogen-bond donors (Lipinski definition) is 2. The average molecular weight is 395 g/mol. The Hall–Kier alpha value is -3.38. The number of benzene rings is 2. The molecule has 0 fully saturated rings. The van der Waals surface area contributed by atoms with Crippen LogP contribution in [0.4, 0.5) is 0 Å². The smallest absolute Gasteiger partial charge is 0.340 e. The van der Waals surface area contributed by atoms with Gasteiger partial charge in [0.25, 0.3) is 0 Å². The summed E-state index contributed by atoms with van der Waals surface area (Å²) in [5.41, 5.74) is 8.04. The maximum Gasteiger partial charge on any atom is 0.340 e. The van der Waals surface area contributed by atoms with Crippen LogP contribution in [0.1, 0.15) is 40.9 Å². The summed E-state index contributed by atoms with van der Waals surface area (Å²) < 4.78 is 10.8. The molecule has 6 heteroatoms. The van der Waals surface area contributed by atoms with Gasteiger partial charge in [-0.15, -0.1) is 0 Å². The second kappa shape index (κ2) is 10.2. The molecule has 6 nitrogen and oxygen atoms in total. The molecule has 0 heterocycles. The Morgan fingerprint density at radius 3 is 2.38 bits per heavy atom. The lowest BCUT2D eigenvalue weighted by Crippen LogP contribution is -2.22. The number of allylic oxidation sites excluding steroid dienone is 2. The summed E-state index contributed by atoms with van der Waals surface area (Å²) in [5.74, 6) is -1.55. The minimum atomic E-state index is -1.21. The molecule has 3 N–H and O–H groups in total. The Morgan fingerprint density at radius 1 is 1.14 bits per heavy atom. The van der Waals surface area contributed by atoms with E-state index in [4.69, 9.17) is 15.2 Å². The van der Waals surface area contributed by atoms with Gasteiger partial charge >= 0.3 is 11.9 Å². The van der Waals surface area contributed by atoms with Crippen molar-refractivity contribution in [3.05, 3.63) is 70.3 Å². The number of carboxylic acids is 1. The number of nitrogens with two attached hydrogens (primary N) is 1. The SMILES string of the molecule is COc1cc(/C=C/c2ccccc2)c(C(=O)O)c(OC(=O)CN)c1CC=C(C)C. The third-order valence-corrected chi connectivity index (χ3v) is 4.16. The van der Waals surface area contributed by atoms with Crippen LogP contribution >= 0.6 is 0 Å². The van der Waals surface area contributed by atoms with Crippen LogP contribution in [0.15, 0.2) is 48.0 Å². The highest BCUT2D eigenvalue weighted by Gasteiger charge is 2.25. The molecule has 0 aliphatic heterocycles. The molecule has 0 aliphatic carbocycles. The molecule has 2 rings (SSSR count). The highest BCUT2D eigenvalue weighted by atomic mass is 16.5. The van der Waals surface area contributed by atoms with Gasteiger partial charge < -0.3 is 20.3 Å². The third-order valence-electron chi connectivity index (χ3n) is 4.16. The van der Waals surface area contributed by atoms with Crippen LogP contribution < -0.4 is 15.2 Å². The Morgan fingerprint density at radius 2 is 1.83 bits per heavy atom. The lowest BCUT2D eigenvalue weighted by atomic mass is 9.97. The zero-order chi connectivity index (χ0) is 21.4. The van der Waals surface area contributed by atoms with Gasteiger partial charge in [0, 0.05) is 5.56 Å². The molecule has 0 aromatic heterocycles. The van der Waals surface area contributed by atoms with Gasteiger partial charge in [0.15, 0.2) is 5.75 Å². The van der Waals surface area contributed by atoms with Gasteiger partial charge in [0.1, 0.15) is 11.3 Å². The van der Waals surface area contributed by atoms with Gasteiger partial charge in [-0.05, 0) is 37.5 Å². The van der Waals surface area contributed by atoms with Crippen molar-refractivity contribution >= 4 is 24.1 Å². The average Bonchev–Trinajstić information content (AvgIpc) is 2.70. The Kier molecular flexibility index (Phi) is 7.74.